The van der Waals surface area contributed by atoms with Crippen molar-refractivity contribution in [3.63, 3.8) is 0 Å². The highest BCUT2D eigenvalue weighted by Gasteiger charge is 2.28. The van der Waals surface area contributed by atoms with E-state index in [-0.39, 0.29) is 25.1 Å². The normalized spacial score (nSPS) is 19.7. The van der Waals surface area contributed by atoms with E-state index >= 15 is 0 Å². The average Bonchev–Trinajstić information content (AvgIpc) is 2.44. The molecule has 1 unspecified atom stereocenters. The summed E-state index contributed by atoms with van der Waals surface area (Å²) in [7, 11) is 0. The Morgan fingerprint density at radius 3 is 2.73 bits per heavy atom. The van der Waals surface area contributed by atoms with Crippen molar-refractivity contribution in [3.8, 4) is 0 Å². The maximum Gasteiger partial charge on any atom is 0.411 e. The Morgan fingerprint density at radius 2 is 2.05 bits per heavy atom. The van der Waals surface area contributed by atoms with Crippen LogP contribution < -0.4 is 5.32 Å². The number of nitrogens with zero attached hydrogens (tertiary/aromatic N) is 1. The number of hydrogen-bond donors (Lipinski definition) is 1. The van der Waals surface area contributed by atoms with Gasteiger partial charge in [-0.25, -0.2) is 0 Å². The summed E-state index contributed by atoms with van der Waals surface area (Å²) in [5.41, 5.74) is 0.988. The molecule has 0 radical (unpaired) electrons. The van der Waals surface area contributed by atoms with Crippen LogP contribution in [0.5, 0.6) is 0 Å². The predicted octanol–water partition coefficient (Wildman–Crippen LogP) is 3.29. The van der Waals surface area contributed by atoms with Gasteiger partial charge in [0.1, 0.15) is 6.61 Å². The minimum atomic E-state index is -4.27. The molecule has 1 aliphatic rings. The second kappa shape index (κ2) is 8.93. The van der Waals surface area contributed by atoms with Crippen molar-refractivity contribution in [2.45, 2.75) is 12.2 Å². The lowest BCUT2D eigenvalue weighted by molar-refractivity contribution is -0.175. The lowest BCUT2D eigenvalue weighted by Gasteiger charge is -2.36. The third-order valence-corrected chi connectivity index (χ3v) is 3.75. The van der Waals surface area contributed by atoms with Crippen LogP contribution in [0.3, 0.4) is 0 Å². The molecule has 0 saturated carbocycles. The molecule has 3 nitrogen and oxygen atoms in total. The number of alkyl halides is 3. The molecule has 1 heterocycles. The summed E-state index contributed by atoms with van der Waals surface area (Å²) in [4.78, 5) is 2.11. The number of ether oxygens (including phenoxy) is 1. The van der Waals surface area contributed by atoms with Gasteiger partial charge in [0.25, 0.3) is 0 Å². The Morgan fingerprint density at radius 1 is 1.32 bits per heavy atom. The van der Waals surface area contributed by atoms with Crippen LogP contribution >= 0.6 is 24.0 Å². The van der Waals surface area contributed by atoms with Crippen molar-refractivity contribution >= 4 is 24.0 Å². The second-order valence-corrected chi connectivity index (χ2v) is 5.35. The molecule has 1 fully saturated rings. The molecule has 1 atom stereocenters. The van der Waals surface area contributed by atoms with E-state index in [1.807, 2.05) is 24.3 Å². The molecule has 0 amide bonds. The first kappa shape index (κ1) is 19.5. The van der Waals surface area contributed by atoms with Crippen molar-refractivity contribution < 1.29 is 17.9 Å². The maximum atomic E-state index is 12.0. The van der Waals surface area contributed by atoms with Crippen LogP contribution in [0.1, 0.15) is 11.6 Å². The van der Waals surface area contributed by atoms with E-state index in [2.05, 4.69) is 10.2 Å². The molecule has 22 heavy (non-hydrogen) atoms. The molecule has 1 aliphatic heterocycles. The molecule has 2 rings (SSSR count). The zero-order valence-corrected chi connectivity index (χ0v) is 13.5. The zero-order valence-electron chi connectivity index (χ0n) is 11.9. The molecule has 0 aromatic heterocycles. The van der Waals surface area contributed by atoms with Gasteiger partial charge in [-0.2, -0.15) is 13.2 Å². The van der Waals surface area contributed by atoms with Crippen molar-refractivity contribution in [2.75, 3.05) is 39.4 Å². The van der Waals surface area contributed by atoms with E-state index in [9.17, 15) is 13.2 Å². The van der Waals surface area contributed by atoms with Crippen LogP contribution in [0.4, 0.5) is 13.2 Å². The monoisotopic (exact) mass is 358 g/mol. The van der Waals surface area contributed by atoms with Crippen LogP contribution in [-0.2, 0) is 4.74 Å². The molecule has 1 saturated heterocycles. The fourth-order valence-corrected chi connectivity index (χ4v) is 2.70. The lowest BCUT2D eigenvalue weighted by Crippen LogP contribution is -2.47. The average molecular weight is 359 g/mol. The molecule has 0 bridgehead atoms. The highest BCUT2D eigenvalue weighted by atomic mass is 35.5. The van der Waals surface area contributed by atoms with Crippen LogP contribution in [0.25, 0.3) is 0 Å². The molecular formula is C14H19Cl2F3N2O. The van der Waals surface area contributed by atoms with Gasteiger partial charge in [0.15, 0.2) is 0 Å². The Labute approximate surface area is 139 Å². The van der Waals surface area contributed by atoms with E-state index in [1.165, 1.54) is 0 Å². The second-order valence-electron chi connectivity index (χ2n) is 4.95. The standard InChI is InChI=1S/C14H18ClF3N2O.ClH/c15-12-4-2-1-3-11(12)13-9-19-5-6-20(13)7-8-21-10-14(16,17)18;/h1-4,13,19H,5-10H2;1H. The molecule has 1 aromatic rings. The predicted molar refractivity (Wildman–Crippen MR) is 82.8 cm³/mol. The van der Waals surface area contributed by atoms with Crippen LogP contribution in [0, 0.1) is 0 Å². The Bertz CT molecular complexity index is 460. The number of halogens is 5. The molecule has 0 spiro atoms. The van der Waals surface area contributed by atoms with E-state index in [0.29, 0.717) is 11.6 Å². The molecule has 0 aliphatic carbocycles. The number of hydrogen-bond acceptors (Lipinski definition) is 3. The van der Waals surface area contributed by atoms with Gasteiger partial charge in [0.05, 0.1) is 6.61 Å². The minimum absolute atomic E-state index is 0. The van der Waals surface area contributed by atoms with Crippen LogP contribution in [0.15, 0.2) is 24.3 Å². The Kier molecular flexibility index (Phi) is 7.93. The summed E-state index contributed by atoms with van der Waals surface area (Å²) in [5.74, 6) is 0. The first-order valence-electron chi connectivity index (χ1n) is 6.81. The quantitative estimate of drug-likeness (QED) is 0.817. The maximum absolute atomic E-state index is 12.0. The van der Waals surface area contributed by atoms with Gasteiger partial charge in [0, 0.05) is 37.2 Å². The summed E-state index contributed by atoms with van der Waals surface area (Å²) in [5, 5.41) is 3.96. The highest BCUT2D eigenvalue weighted by Crippen LogP contribution is 2.28. The Balaban J connectivity index is 0.00000242. The van der Waals surface area contributed by atoms with Crippen LogP contribution in [0.2, 0.25) is 5.02 Å². The van der Waals surface area contributed by atoms with Gasteiger partial charge in [0.2, 0.25) is 0 Å². The van der Waals surface area contributed by atoms with Gasteiger partial charge in [-0.1, -0.05) is 29.8 Å². The van der Waals surface area contributed by atoms with E-state index in [4.69, 9.17) is 16.3 Å². The summed E-state index contributed by atoms with van der Waals surface area (Å²) in [6.07, 6.45) is -4.27. The fourth-order valence-electron chi connectivity index (χ4n) is 2.44. The first-order chi connectivity index (χ1) is 9.97. The summed E-state index contributed by atoms with van der Waals surface area (Å²) < 4.78 is 40.8. The SMILES string of the molecule is Cl.FC(F)(F)COCCN1CCNCC1c1ccccc1Cl. The highest BCUT2D eigenvalue weighted by molar-refractivity contribution is 6.31. The number of rotatable bonds is 5. The molecule has 8 heteroatoms. The minimum Gasteiger partial charge on any atom is -0.371 e. The van der Waals surface area contributed by atoms with Gasteiger partial charge in [-0.3, -0.25) is 4.90 Å². The summed E-state index contributed by atoms with van der Waals surface area (Å²) in [6.45, 7) is 1.60. The summed E-state index contributed by atoms with van der Waals surface area (Å²) >= 11 is 6.21. The first-order valence-corrected chi connectivity index (χ1v) is 7.19. The van der Waals surface area contributed by atoms with Gasteiger partial charge in [-0.05, 0) is 11.6 Å². The fraction of sp³-hybridized carbons (Fsp3) is 0.571. The number of benzene rings is 1. The largest absolute Gasteiger partial charge is 0.411 e. The van der Waals surface area contributed by atoms with Crippen molar-refractivity contribution in [2.24, 2.45) is 0 Å². The third-order valence-electron chi connectivity index (χ3n) is 3.41. The molecule has 1 aromatic carbocycles. The van der Waals surface area contributed by atoms with E-state index in [1.54, 1.807) is 0 Å². The third kappa shape index (κ3) is 5.93. The smallest absolute Gasteiger partial charge is 0.371 e. The summed E-state index contributed by atoms with van der Waals surface area (Å²) in [6, 6.07) is 7.60. The molecule has 126 valence electrons. The topological polar surface area (TPSA) is 24.5 Å². The van der Waals surface area contributed by atoms with Crippen molar-refractivity contribution in [1.82, 2.24) is 10.2 Å². The van der Waals surface area contributed by atoms with Crippen molar-refractivity contribution in [3.05, 3.63) is 34.9 Å². The van der Waals surface area contributed by atoms with Crippen molar-refractivity contribution in [1.29, 1.82) is 0 Å². The Hall–Kier alpha value is -0.530. The number of nitrogens with one attached hydrogen (secondary N) is 1. The van der Waals surface area contributed by atoms with Gasteiger partial charge >= 0.3 is 6.18 Å². The lowest BCUT2D eigenvalue weighted by atomic mass is 10.0. The van der Waals surface area contributed by atoms with E-state index in [0.717, 1.165) is 25.2 Å². The molecular weight excluding hydrogens is 340 g/mol. The zero-order chi connectivity index (χ0) is 15.3. The van der Waals surface area contributed by atoms with Gasteiger partial charge < -0.3 is 10.1 Å². The molecule has 1 N–H and O–H groups in total. The number of piperazine rings is 1. The van der Waals surface area contributed by atoms with Crippen LogP contribution in [-0.4, -0.2) is 50.5 Å². The van der Waals surface area contributed by atoms with Gasteiger partial charge in [-0.15, -0.1) is 12.4 Å². The van der Waals surface area contributed by atoms with E-state index < -0.39 is 12.8 Å².